The van der Waals surface area contributed by atoms with Gasteiger partial charge in [0.1, 0.15) is 0 Å². The normalized spacial score (nSPS) is 11.1. The molecule has 1 heterocycles. The van der Waals surface area contributed by atoms with Crippen LogP contribution in [0.25, 0.3) is 43.9 Å². The molecule has 0 aliphatic rings. The number of hydrogen-bond acceptors (Lipinski definition) is 3. The molecular formula is C33H30IrNO2-. The summed E-state index contributed by atoms with van der Waals surface area (Å²) >= 11 is 0. The summed E-state index contributed by atoms with van der Waals surface area (Å²) in [5, 5.41) is 13.3. The SMILES string of the molecule is CC(=O)/C=C(/C)O.CC(C)c1[c-]c(-c2nccc3c2ccc2ccccc23)cc(-c2ccccc2)c1.[Ir]. The first-order valence-corrected chi connectivity index (χ1v) is 12.1. The minimum Gasteiger partial charge on any atom is -0.512 e. The maximum atomic E-state index is 10.0. The Kier molecular flexibility index (Phi) is 9.52. The van der Waals surface area contributed by atoms with E-state index in [1.807, 2.05) is 6.20 Å². The molecular weight excluding hydrogens is 635 g/mol. The standard InChI is InChI=1S/C28H22N.C5H8O2.Ir/c1-19(2)22-16-23(20-8-4-3-5-9-20)18-24(17-22)28-27-13-12-21-10-6-7-11-25(21)26(27)14-15-29-28;1-4(6)3-5(2)7;/h3-16,18-19H,1-2H3;3,6H,1-2H3;/q-1;;/b;4-3-;. The molecule has 5 rings (SSSR count). The zero-order valence-corrected chi connectivity index (χ0v) is 23.8. The van der Waals surface area contributed by atoms with E-state index < -0.39 is 0 Å². The maximum Gasteiger partial charge on any atom is 0.155 e. The van der Waals surface area contributed by atoms with Gasteiger partial charge in [-0.25, -0.2) is 0 Å². The molecule has 37 heavy (non-hydrogen) atoms. The number of aliphatic hydroxyl groups excluding tert-OH is 1. The van der Waals surface area contributed by atoms with Gasteiger partial charge in [-0.15, -0.1) is 34.9 Å². The van der Waals surface area contributed by atoms with Gasteiger partial charge in [0, 0.05) is 32.4 Å². The number of carbonyl (C=O) groups is 1. The molecule has 5 aromatic rings. The van der Waals surface area contributed by atoms with Crippen LogP contribution < -0.4 is 0 Å². The average molecular weight is 665 g/mol. The van der Waals surface area contributed by atoms with Crippen LogP contribution in [-0.4, -0.2) is 15.9 Å². The Morgan fingerprint density at radius 2 is 1.54 bits per heavy atom. The molecule has 0 unspecified atom stereocenters. The molecule has 0 saturated carbocycles. The van der Waals surface area contributed by atoms with Crippen molar-refractivity contribution < 1.29 is 30.0 Å². The third-order valence-corrected chi connectivity index (χ3v) is 5.96. The van der Waals surface area contributed by atoms with Crippen LogP contribution in [0.15, 0.2) is 103 Å². The van der Waals surface area contributed by atoms with E-state index in [0.717, 1.165) is 11.3 Å². The number of benzene rings is 4. The largest absolute Gasteiger partial charge is 0.512 e. The Hall–Kier alpha value is -3.59. The molecule has 0 aliphatic heterocycles. The van der Waals surface area contributed by atoms with Crippen molar-refractivity contribution in [3.8, 4) is 22.4 Å². The summed E-state index contributed by atoms with van der Waals surface area (Å²) in [7, 11) is 0. The average Bonchev–Trinajstić information content (AvgIpc) is 2.88. The van der Waals surface area contributed by atoms with Crippen LogP contribution in [0.1, 0.15) is 39.2 Å². The third-order valence-electron chi connectivity index (χ3n) is 5.96. The summed E-state index contributed by atoms with van der Waals surface area (Å²) in [6.45, 7) is 7.28. The Labute approximate surface area is 232 Å². The van der Waals surface area contributed by atoms with Crippen LogP contribution in [0.4, 0.5) is 0 Å². The van der Waals surface area contributed by atoms with Crippen LogP contribution in [0, 0.1) is 6.07 Å². The minimum atomic E-state index is -0.125. The number of pyridine rings is 1. The van der Waals surface area contributed by atoms with Crippen molar-refractivity contribution in [3.63, 3.8) is 0 Å². The number of ketones is 1. The maximum absolute atomic E-state index is 10.0. The molecule has 4 aromatic carbocycles. The van der Waals surface area contributed by atoms with Crippen LogP contribution in [0.5, 0.6) is 0 Å². The summed E-state index contributed by atoms with van der Waals surface area (Å²) < 4.78 is 0. The van der Waals surface area contributed by atoms with Crippen molar-refractivity contribution in [2.24, 2.45) is 0 Å². The summed E-state index contributed by atoms with van der Waals surface area (Å²) in [6, 6.07) is 33.7. The van der Waals surface area contributed by atoms with Crippen molar-refractivity contribution in [2.75, 3.05) is 0 Å². The second-order valence-electron chi connectivity index (χ2n) is 9.20. The number of allylic oxidation sites excluding steroid dienone is 2. The van der Waals surface area contributed by atoms with E-state index in [-0.39, 0.29) is 31.6 Å². The van der Waals surface area contributed by atoms with Gasteiger partial charge in [-0.2, -0.15) is 0 Å². The molecule has 0 amide bonds. The van der Waals surface area contributed by atoms with Crippen molar-refractivity contribution in [2.45, 2.75) is 33.6 Å². The first-order valence-electron chi connectivity index (χ1n) is 12.1. The fraction of sp³-hybridized carbons (Fsp3) is 0.152. The summed E-state index contributed by atoms with van der Waals surface area (Å²) in [5.41, 5.74) is 5.68. The molecule has 1 radical (unpaired) electrons. The van der Waals surface area contributed by atoms with E-state index in [9.17, 15) is 4.79 Å². The second kappa shape index (κ2) is 12.6. The number of nitrogens with zero attached hydrogens (tertiary/aromatic N) is 1. The first-order chi connectivity index (χ1) is 17.3. The number of rotatable bonds is 4. The zero-order valence-electron chi connectivity index (χ0n) is 21.5. The van der Waals surface area contributed by atoms with Gasteiger partial charge in [-0.05, 0) is 58.6 Å². The number of fused-ring (bicyclic) bond motifs is 3. The molecule has 0 spiro atoms. The molecule has 4 heteroatoms. The summed E-state index contributed by atoms with van der Waals surface area (Å²) in [6.07, 6.45) is 3.09. The first kappa shape index (κ1) is 28.0. The Balaban J connectivity index is 0.000000422. The molecule has 0 aliphatic carbocycles. The number of carbonyl (C=O) groups excluding carboxylic acids is 1. The Bertz CT molecular complexity index is 1550. The van der Waals surface area contributed by atoms with Gasteiger partial charge in [0.2, 0.25) is 0 Å². The van der Waals surface area contributed by atoms with Crippen LogP contribution in [-0.2, 0) is 24.9 Å². The van der Waals surface area contributed by atoms with E-state index in [1.54, 1.807) is 0 Å². The Morgan fingerprint density at radius 1 is 0.838 bits per heavy atom. The minimum absolute atomic E-state index is 0. The topological polar surface area (TPSA) is 50.2 Å². The number of aromatic nitrogens is 1. The van der Waals surface area contributed by atoms with E-state index in [1.165, 1.54) is 58.2 Å². The molecule has 0 fully saturated rings. The molecule has 0 saturated heterocycles. The van der Waals surface area contributed by atoms with E-state index in [0.29, 0.717) is 5.92 Å². The quantitative estimate of drug-likeness (QED) is 0.0906. The molecule has 3 nitrogen and oxygen atoms in total. The fourth-order valence-corrected chi connectivity index (χ4v) is 4.27. The van der Waals surface area contributed by atoms with Crippen molar-refractivity contribution in [1.82, 2.24) is 4.98 Å². The molecule has 189 valence electrons. The van der Waals surface area contributed by atoms with Gasteiger partial charge < -0.3 is 10.1 Å². The second-order valence-corrected chi connectivity index (χ2v) is 9.20. The third kappa shape index (κ3) is 6.80. The predicted octanol–water partition coefficient (Wildman–Crippen LogP) is 8.68. The monoisotopic (exact) mass is 665 g/mol. The Morgan fingerprint density at radius 3 is 2.19 bits per heavy atom. The van der Waals surface area contributed by atoms with Gasteiger partial charge in [0.05, 0.1) is 5.76 Å². The van der Waals surface area contributed by atoms with Crippen LogP contribution in [0.3, 0.4) is 0 Å². The van der Waals surface area contributed by atoms with Gasteiger partial charge in [0.15, 0.2) is 5.78 Å². The zero-order chi connectivity index (χ0) is 25.7. The fourth-order valence-electron chi connectivity index (χ4n) is 4.27. The van der Waals surface area contributed by atoms with Gasteiger partial charge in [-0.1, -0.05) is 80.6 Å². The summed E-state index contributed by atoms with van der Waals surface area (Å²) in [5.74, 6) is 0.334. The summed E-state index contributed by atoms with van der Waals surface area (Å²) in [4.78, 5) is 14.8. The molecule has 0 atom stereocenters. The molecule has 1 aromatic heterocycles. The number of aliphatic hydroxyl groups is 1. The predicted molar refractivity (Wildman–Crippen MR) is 150 cm³/mol. The van der Waals surface area contributed by atoms with Gasteiger partial charge in [0.25, 0.3) is 0 Å². The van der Waals surface area contributed by atoms with Crippen LogP contribution >= 0.6 is 0 Å². The van der Waals surface area contributed by atoms with Crippen molar-refractivity contribution in [1.29, 1.82) is 0 Å². The smallest absolute Gasteiger partial charge is 0.155 e. The van der Waals surface area contributed by atoms with E-state index in [4.69, 9.17) is 10.1 Å². The van der Waals surface area contributed by atoms with Crippen LogP contribution in [0.2, 0.25) is 0 Å². The molecule has 0 bridgehead atoms. The van der Waals surface area contributed by atoms with E-state index >= 15 is 0 Å². The van der Waals surface area contributed by atoms with Crippen molar-refractivity contribution >= 4 is 27.3 Å². The van der Waals surface area contributed by atoms with Gasteiger partial charge >= 0.3 is 0 Å². The number of hydrogen-bond donors (Lipinski definition) is 1. The van der Waals surface area contributed by atoms with Gasteiger partial charge in [-0.3, -0.25) is 4.79 Å². The van der Waals surface area contributed by atoms with Crippen molar-refractivity contribution in [3.05, 3.63) is 115 Å². The molecule has 1 N–H and O–H groups in total. The van der Waals surface area contributed by atoms with E-state index in [2.05, 4.69) is 105 Å².